The molecule has 2 rings (SSSR count). The molecule has 4 heteroatoms. The molecule has 0 spiro atoms. The molecule has 3 nitrogen and oxygen atoms in total. The number of hydrogen-bond donors (Lipinski definition) is 1. The quantitative estimate of drug-likeness (QED) is 0.715. The molecule has 1 N–H and O–H groups in total. The maximum Gasteiger partial charge on any atom is 0.126 e. The zero-order valence-corrected chi connectivity index (χ0v) is 7.16. The van der Waals surface area contributed by atoms with Gasteiger partial charge in [-0.05, 0) is 34.7 Å². The fourth-order valence-corrected chi connectivity index (χ4v) is 1.44. The van der Waals surface area contributed by atoms with Crippen molar-refractivity contribution >= 4 is 33.6 Å². The van der Waals surface area contributed by atoms with Crippen molar-refractivity contribution in [3.05, 3.63) is 21.8 Å². The number of nitrogens with zero attached hydrogens (tertiary/aromatic N) is 2. The van der Waals surface area contributed by atoms with Crippen molar-refractivity contribution in [2.75, 3.05) is 0 Å². The van der Waals surface area contributed by atoms with Gasteiger partial charge in [0.1, 0.15) is 11.0 Å². The van der Waals surface area contributed by atoms with Crippen LogP contribution in [-0.4, -0.2) is 15.4 Å². The van der Waals surface area contributed by atoms with E-state index in [0.717, 1.165) is 14.6 Å². The lowest BCUT2D eigenvalue weighted by Crippen LogP contribution is -1.73. The highest BCUT2D eigenvalue weighted by Gasteiger charge is 1.98. The predicted molar refractivity (Wildman–Crippen MR) is 46.6 cm³/mol. The summed E-state index contributed by atoms with van der Waals surface area (Å²) in [5.74, 6) is 0. The number of halogens is 1. The first-order valence-corrected chi connectivity index (χ1v) is 3.91. The highest BCUT2D eigenvalue weighted by atomic mass is 127. The van der Waals surface area contributed by atoms with E-state index in [-0.39, 0.29) is 0 Å². The Balaban J connectivity index is 2.95. The number of benzene rings is 1. The number of H-pyrrole nitrogens is 1. The summed E-state index contributed by atoms with van der Waals surface area (Å²) >= 11 is 2.23. The molecule has 0 radical (unpaired) electrons. The molecular formula is C6H4IN3. The minimum absolute atomic E-state index is 0.923. The Kier molecular flexibility index (Phi) is 1.33. The number of aromatic nitrogens is 3. The summed E-state index contributed by atoms with van der Waals surface area (Å²) in [6, 6.07) is 5.90. The monoisotopic (exact) mass is 245 g/mol. The second-order valence-electron chi connectivity index (χ2n) is 1.93. The van der Waals surface area contributed by atoms with Gasteiger partial charge >= 0.3 is 0 Å². The van der Waals surface area contributed by atoms with E-state index in [2.05, 4.69) is 38.0 Å². The Hall–Kier alpha value is -0.650. The first kappa shape index (κ1) is 6.09. The van der Waals surface area contributed by atoms with Crippen LogP contribution in [0.4, 0.5) is 0 Å². The molecule has 1 aromatic carbocycles. The Morgan fingerprint density at radius 3 is 3.00 bits per heavy atom. The van der Waals surface area contributed by atoms with Crippen molar-refractivity contribution in [2.45, 2.75) is 0 Å². The van der Waals surface area contributed by atoms with Crippen molar-refractivity contribution < 1.29 is 0 Å². The summed E-state index contributed by atoms with van der Waals surface area (Å²) in [6.45, 7) is 0. The normalized spacial score (nSPS) is 10.5. The van der Waals surface area contributed by atoms with Crippen molar-refractivity contribution in [2.24, 2.45) is 0 Å². The topological polar surface area (TPSA) is 41.6 Å². The maximum absolute atomic E-state index is 3.97. The van der Waals surface area contributed by atoms with E-state index < -0.39 is 0 Å². The maximum atomic E-state index is 3.97. The molecule has 0 saturated heterocycles. The molecule has 0 fully saturated rings. The van der Waals surface area contributed by atoms with E-state index in [1.54, 1.807) is 0 Å². The predicted octanol–water partition coefficient (Wildman–Crippen LogP) is 1.56. The van der Waals surface area contributed by atoms with E-state index in [9.17, 15) is 0 Å². The summed E-state index contributed by atoms with van der Waals surface area (Å²) in [6.07, 6.45) is 0. The molecule has 0 atom stereocenters. The van der Waals surface area contributed by atoms with Crippen molar-refractivity contribution in [3.63, 3.8) is 0 Å². The minimum Gasteiger partial charge on any atom is -0.197 e. The molecule has 0 aliphatic heterocycles. The third-order valence-electron chi connectivity index (χ3n) is 1.30. The number of aromatic amines is 1. The van der Waals surface area contributed by atoms with Gasteiger partial charge in [0.05, 0.1) is 0 Å². The van der Waals surface area contributed by atoms with Crippen molar-refractivity contribution in [1.29, 1.82) is 0 Å². The van der Waals surface area contributed by atoms with Gasteiger partial charge < -0.3 is 0 Å². The third kappa shape index (κ3) is 0.792. The van der Waals surface area contributed by atoms with Crippen LogP contribution < -0.4 is 0 Å². The van der Waals surface area contributed by atoms with Crippen LogP contribution in [0.5, 0.6) is 0 Å². The van der Waals surface area contributed by atoms with Gasteiger partial charge in [-0.25, -0.2) is 0 Å². The zero-order chi connectivity index (χ0) is 6.97. The molecule has 1 aromatic heterocycles. The molecule has 2 aromatic rings. The van der Waals surface area contributed by atoms with Gasteiger partial charge in [-0.15, -0.1) is 0 Å². The first-order valence-electron chi connectivity index (χ1n) is 2.83. The lowest BCUT2D eigenvalue weighted by atomic mass is 10.3. The molecule has 0 bridgehead atoms. The highest BCUT2D eigenvalue weighted by molar-refractivity contribution is 14.1. The average Bonchev–Trinajstić information content (AvgIpc) is 2.36. The van der Waals surface area contributed by atoms with Gasteiger partial charge in [0.2, 0.25) is 0 Å². The van der Waals surface area contributed by atoms with Crippen LogP contribution in [0.3, 0.4) is 0 Å². The lowest BCUT2D eigenvalue weighted by Gasteiger charge is -1.86. The van der Waals surface area contributed by atoms with Crippen molar-refractivity contribution in [3.8, 4) is 0 Å². The minimum atomic E-state index is 0.923. The Morgan fingerprint density at radius 1 is 1.30 bits per heavy atom. The Bertz CT molecular complexity index is 355. The lowest BCUT2D eigenvalue weighted by molar-refractivity contribution is 0.959. The molecular weight excluding hydrogens is 241 g/mol. The van der Waals surface area contributed by atoms with Crippen LogP contribution in [0.15, 0.2) is 18.2 Å². The van der Waals surface area contributed by atoms with Crippen LogP contribution in [0.1, 0.15) is 0 Å². The molecule has 10 heavy (non-hydrogen) atoms. The smallest absolute Gasteiger partial charge is 0.126 e. The largest absolute Gasteiger partial charge is 0.197 e. The first-order chi connectivity index (χ1) is 4.88. The fourth-order valence-electron chi connectivity index (χ4n) is 0.834. The molecule has 0 amide bonds. The molecule has 0 unspecified atom stereocenters. The van der Waals surface area contributed by atoms with E-state index in [0.29, 0.717) is 0 Å². The average molecular weight is 245 g/mol. The van der Waals surface area contributed by atoms with Crippen LogP contribution >= 0.6 is 22.6 Å². The number of rotatable bonds is 0. The summed E-state index contributed by atoms with van der Waals surface area (Å²) in [5.41, 5.74) is 1.87. The molecule has 0 saturated carbocycles. The Morgan fingerprint density at radius 2 is 2.20 bits per heavy atom. The number of para-hydroxylation sites is 1. The Labute approximate surface area is 71.0 Å². The van der Waals surface area contributed by atoms with Crippen LogP contribution in [0.2, 0.25) is 0 Å². The number of hydrogen-bond acceptors (Lipinski definition) is 2. The summed E-state index contributed by atoms with van der Waals surface area (Å²) in [4.78, 5) is 0. The number of nitrogens with one attached hydrogen (secondary N) is 1. The molecule has 0 aliphatic rings. The van der Waals surface area contributed by atoms with Gasteiger partial charge in [-0.2, -0.15) is 15.4 Å². The van der Waals surface area contributed by atoms with E-state index in [1.807, 2.05) is 18.2 Å². The second kappa shape index (κ2) is 2.19. The number of fused-ring (bicyclic) bond motifs is 1. The van der Waals surface area contributed by atoms with E-state index >= 15 is 0 Å². The van der Waals surface area contributed by atoms with Gasteiger partial charge in [-0.1, -0.05) is 6.07 Å². The molecule has 50 valence electrons. The van der Waals surface area contributed by atoms with Gasteiger partial charge in [0, 0.05) is 3.57 Å². The summed E-state index contributed by atoms with van der Waals surface area (Å²) in [5, 5.41) is 10.5. The molecule has 1 heterocycles. The summed E-state index contributed by atoms with van der Waals surface area (Å²) < 4.78 is 1.13. The standard InChI is InChI=1S/C6H4IN3/c7-4-2-1-3-5-6(4)9-10-8-5/h1-3H,(H,8,9,10). The zero-order valence-electron chi connectivity index (χ0n) is 5.00. The highest BCUT2D eigenvalue weighted by Crippen LogP contribution is 2.14. The van der Waals surface area contributed by atoms with Gasteiger partial charge in [-0.3, -0.25) is 0 Å². The molecule has 0 aliphatic carbocycles. The van der Waals surface area contributed by atoms with Crippen molar-refractivity contribution in [1.82, 2.24) is 15.4 Å². The fraction of sp³-hybridized carbons (Fsp3) is 0. The SMILES string of the molecule is Ic1cccc2n[nH]nc12. The van der Waals surface area contributed by atoms with Crippen LogP contribution in [0.25, 0.3) is 11.0 Å². The second-order valence-corrected chi connectivity index (χ2v) is 3.09. The van der Waals surface area contributed by atoms with E-state index in [1.165, 1.54) is 0 Å². The summed E-state index contributed by atoms with van der Waals surface area (Å²) in [7, 11) is 0. The third-order valence-corrected chi connectivity index (χ3v) is 2.17. The van der Waals surface area contributed by atoms with Gasteiger partial charge in [0.15, 0.2) is 0 Å². The van der Waals surface area contributed by atoms with E-state index in [4.69, 9.17) is 0 Å². The van der Waals surface area contributed by atoms with Crippen LogP contribution in [-0.2, 0) is 0 Å². The van der Waals surface area contributed by atoms with Crippen LogP contribution in [0, 0.1) is 3.57 Å². The van der Waals surface area contributed by atoms with Gasteiger partial charge in [0.25, 0.3) is 0 Å².